The Hall–Kier alpha value is -3.62. The topological polar surface area (TPSA) is 95.1 Å². The SMILES string of the molecule is C[N+](C)(CCNP(=O)(Oc1ccccc1)Oc1ccccc1)CC[N+](C)(C)CCNP(=O)(Oc1ccccc1)Oc1ccccc1. The Balaban J connectivity index is 1.29. The summed E-state index contributed by atoms with van der Waals surface area (Å²) >= 11 is 0. The maximum absolute atomic E-state index is 13.8. The molecule has 10 nitrogen and oxygen atoms in total. The standard InChI is InChI=1S/C34H46N4O6P2/c1-37(2,27-25-35-45(39,41-31-17-9-5-10-18-31)42-32-19-11-6-12-20-32)29-30-38(3,4)28-26-36-46(40,43-33-21-13-7-14-22-33)44-34-23-15-8-16-24-34/h5-24H,25-30H2,1-4H3,(H,35,39)(H,36,40)/q+2. The predicted octanol–water partition coefficient (Wildman–Crippen LogP) is 6.85. The van der Waals surface area contributed by atoms with Gasteiger partial charge in [-0.15, -0.1) is 0 Å². The van der Waals surface area contributed by atoms with Crippen LogP contribution in [0.2, 0.25) is 0 Å². The van der Waals surface area contributed by atoms with Crippen LogP contribution in [0.4, 0.5) is 0 Å². The van der Waals surface area contributed by atoms with E-state index in [-0.39, 0.29) is 0 Å². The van der Waals surface area contributed by atoms with Crippen molar-refractivity contribution in [2.75, 3.05) is 67.5 Å². The van der Waals surface area contributed by atoms with E-state index in [4.69, 9.17) is 18.1 Å². The molecule has 0 atom stereocenters. The minimum atomic E-state index is -3.70. The van der Waals surface area contributed by atoms with Crippen molar-refractivity contribution in [3.63, 3.8) is 0 Å². The lowest BCUT2D eigenvalue weighted by Crippen LogP contribution is -2.53. The fraction of sp³-hybridized carbons (Fsp3) is 0.294. The smallest absolute Gasteiger partial charge is 0.405 e. The van der Waals surface area contributed by atoms with Crippen molar-refractivity contribution in [1.29, 1.82) is 0 Å². The molecular weight excluding hydrogens is 622 g/mol. The van der Waals surface area contributed by atoms with E-state index in [1.807, 2.05) is 72.8 Å². The van der Waals surface area contributed by atoms with Gasteiger partial charge in [-0.1, -0.05) is 72.8 Å². The van der Waals surface area contributed by atoms with Gasteiger partial charge in [-0.05, 0) is 48.5 Å². The zero-order valence-corrected chi connectivity index (χ0v) is 28.8. The number of likely N-dealkylation sites (N-methyl/N-ethyl adjacent to an activating group) is 2. The average molecular weight is 669 g/mol. The van der Waals surface area contributed by atoms with Crippen LogP contribution in [0.5, 0.6) is 23.0 Å². The summed E-state index contributed by atoms with van der Waals surface area (Å²) in [6.07, 6.45) is 0. The first-order chi connectivity index (χ1) is 21.9. The van der Waals surface area contributed by atoms with E-state index in [0.717, 1.165) is 13.1 Å². The van der Waals surface area contributed by atoms with Crippen LogP contribution in [-0.4, -0.2) is 76.4 Å². The molecule has 0 heterocycles. The first-order valence-corrected chi connectivity index (χ1v) is 18.3. The highest BCUT2D eigenvalue weighted by Gasteiger charge is 2.32. The zero-order chi connectivity index (χ0) is 32.9. The molecule has 0 saturated heterocycles. The molecule has 46 heavy (non-hydrogen) atoms. The van der Waals surface area contributed by atoms with E-state index in [1.54, 1.807) is 48.5 Å². The summed E-state index contributed by atoms with van der Waals surface area (Å²) in [7, 11) is 1.13. The number of quaternary nitrogens is 2. The summed E-state index contributed by atoms with van der Waals surface area (Å²) in [5.74, 6) is 1.85. The Morgan fingerprint density at radius 1 is 0.435 bits per heavy atom. The van der Waals surface area contributed by atoms with Crippen molar-refractivity contribution in [3.8, 4) is 23.0 Å². The molecule has 246 valence electrons. The average Bonchev–Trinajstić information content (AvgIpc) is 3.02. The van der Waals surface area contributed by atoms with E-state index in [9.17, 15) is 9.13 Å². The van der Waals surface area contributed by atoms with Gasteiger partial charge in [0.15, 0.2) is 0 Å². The molecule has 0 unspecified atom stereocenters. The van der Waals surface area contributed by atoms with Gasteiger partial charge in [-0.2, -0.15) is 10.2 Å². The van der Waals surface area contributed by atoms with Gasteiger partial charge in [0, 0.05) is 0 Å². The Labute approximate surface area is 273 Å². The highest BCUT2D eigenvalue weighted by Crippen LogP contribution is 2.45. The van der Waals surface area contributed by atoms with Gasteiger partial charge < -0.3 is 27.1 Å². The summed E-state index contributed by atoms with van der Waals surface area (Å²) in [5, 5.41) is 6.12. The number of hydrogen-bond acceptors (Lipinski definition) is 6. The first kappa shape index (κ1) is 35.2. The summed E-state index contributed by atoms with van der Waals surface area (Å²) in [6, 6.07) is 36.0. The van der Waals surface area contributed by atoms with Gasteiger partial charge in [0.2, 0.25) is 0 Å². The minimum Gasteiger partial charge on any atom is -0.405 e. The third-order valence-electron chi connectivity index (χ3n) is 7.23. The van der Waals surface area contributed by atoms with Crippen molar-refractivity contribution in [3.05, 3.63) is 121 Å². The molecule has 0 amide bonds. The highest BCUT2D eigenvalue weighted by atomic mass is 31.2. The molecule has 0 aliphatic heterocycles. The molecule has 0 bridgehead atoms. The number of benzene rings is 4. The van der Waals surface area contributed by atoms with E-state index in [1.165, 1.54) is 0 Å². The summed E-state index contributed by atoms with van der Waals surface area (Å²) in [6.45, 7) is 3.88. The van der Waals surface area contributed by atoms with Crippen molar-refractivity contribution < 1.29 is 36.2 Å². The van der Waals surface area contributed by atoms with Crippen LogP contribution in [0.15, 0.2) is 121 Å². The largest absolute Gasteiger partial charge is 0.513 e. The van der Waals surface area contributed by atoms with Gasteiger partial charge in [-0.3, -0.25) is 0 Å². The normalized spacial score (nSPS) is 12.3. The molecule has 4 rings (SSSR count). The molecule has 0 spiro atoms. The van der Waals surface area contributed by atoms with Gasteiger partial charge >= 0.3 is 15.5 Å². The second-order valence-corrected chi connectivity index (χ2v) is 15.5. The Bertz CT molecular complexity index is 1350. The van der Waals surface area contributed by atoms with Crippen LogP contribution in [0, 0.1) is 0 Å². The molecule has 12 heteroatoms. The number of para-hydroxylation sites is 4. The van der Waals surface area contributed by atoms with Crippen LogP contribution in [0.25, 0.3) is 0 Å². The van der Waals surface area contributed by atoms with E-state index in [2.05, 4.69) is 38.4 Å². The first-order valence-electron chi connectivity index (χ1n) is 15.3. The lowest BCUT2D eigenvalue weighted by molar-refractivity contribution is -0.944. The van der Waals surface area contributed by atoms with E-state index < -0.39 is 15.5 Å². The molecule has 0 aliphatic rings. The third-order valence-corrected chi connectivity index (χ3v) is 10.3. The van der Waals surface area contributed by atoms with Crippen molar-refractivity contribution in [1.82, 2.24) is 10.2 Å². The molecule has 0 aromatic heterocycles. The van der Waals surface area contributed by atoms with Crippen LogP contribution in [0.1, 0.15) is 0 Å². The molecule has 2 N–H and O–H groups in total. The summed E-state index contributed by atoms with van der Waals surface area (Å²) in [4.78, 5) is 0. The quantitative estimate of drug-likeness (QED) is 0.0828. The second-order valence-electron chi connectivity index (χ2n) is 12.2. The molecule has 4 aromatic carbocycles. The molecule has 0 saturated carbocycles. The van der Waals surface area contributed by atoms with Gasteiger partial charge in [0.05, 0.1) is 54.4 Å². The summed E-state index contributed by atoms with van der Waals surface area (Å²) < 4.78 is 52.3. The monoisotopic (exact) mass is 668 g/mol. The number of nitrogens with zero attached hydrogens (tertiary/aromatic N) is 2. The fourth-order valence-electron chi connectivity index (χ4n) is 4.39. The number of nitrogens with one attached hydrogen (secondary N) is 2. The number of hydrogen-bond donors (Lipinski definition) is 2. The van der Waals surface area contributed by atoms with Gasteiger partial charge in [0.25, 0.3) is 0 Å². The van der Waals surface area contributed by atoms with Crippen molar-refractivity contribution >= 4 is 15.5 Å². The van der Waals surface area contributed by atoms with E-state index in [0.29, 0.717) is 58.1 Å². The molecular formula is C34H46N4O6P2+2. The Morgan fingerprint density at radius 2 is 0.674 bits per heavy atom. The molecule has 0 fully saturated rings. The highest BCUT2D eigenvalue weighted by molar-refractivity contribution is 7.52. The summed E-state index contributed by atoms with van der Waals surface area (Å²) in [5.41, 5.74) is 0. The van der Waals surface area contributed by atoms with Crippen LogP contribution in [-0.2, 0) is 9.13 Å². The van der Waals surface area contributed by atoms with Crippen molar-refractivity contribution in [2.24, 2.45) is 0 Å². The fourth-order valence-corrected chi connectivity index (χ4v) is 7.07. The lowest BCUT2D eigenvalue weighted by Gasteiger charge is -2.36. The van der Waals surface area contributed by atoms with Crippen molar-refractivity contribution in [2.45, 2.75) is 0 Å². The Morgan fingerprint density at radius 3 is 0.913 bits per heavy atom. The molecule has 0 radical (unpaired) electrons. The van der Waals surface area contributed by atoms with Gasteiger partial charge in [-0.25, -0.2) is 9.13 Å². The minimum absolute atomic E-state index is 0.412. The second kappa shape index (κ2) is 16.3. The predicted molar refractivity (Wildman–Crippen MR) is 183 cm³/mol. The lowest BCUT2D eigenvalue weighted by atomic mass is 10.3. The van der Waals surface area contributed by atoms with Crippen LogP contribution >= 0.6 is 15.5 Å². The van der Waals surface area contributed by atoms with Crippen LogP contribution < -0.4 is 28.3 Å². The molecule has 0 aliphatic carbocycles. The van der Waals surface area contributed by atoms with Gasteiger partial charge in [0.1, 0.15) is 36.1 Å². The third kappa shape index (κ3) is 12.3. The van der Waals surface area contributed by atoms with E-state index >= 15 is 0 Å². The Kier molecular flexibility index (Phi) is 12.5. The van der Waals surface area contributed by atoms with Crippen LogP contribution in [0.3, 0.4) is 0 Å². The molecule has 4 aromatic rings. The maximum atomic E-state index is 13.8. The number of rotatable bonds is 19. The maximum Gasteiger partial charge on any atom is 0.513 e. The zero-order valence-electron chi connectivity index (χ0n) is 27.0.